The Morgan fingerprint density at radius 2 is 2.37 bits per heavy atom. The van der Waals surface area contributed by atoms with Crippen LogP contribution < -0.4 is 5.73 Å². The summed E-state index contributed by atoms with van der Waals surface area (Å²) in [7, 11) is 0. The number of aliphatic imine (C=N–C) groups is 1. The van der Waals surface area contributed by atoms with Crippen LogP contribution in [0.4, 0.5) is 0 Å². The van der Waals surface area contributed by atoms with Crippen molar-refractivity contribution in [3.63, 3.8) is 0 Å². The summed E-state index contributed by atoms with van der Waals surface area (Å²) in [4.78, 5) is 7.83. The lowest BCUT2D eigenvalue weighted by molar-refractivity contribution is 0.0224. The molecule has 2 heterocycles. The van der Waals surface area contributed by atoms with Crippen LogP contribution >= 0.6 is 12.2 Å². The molecular weight excluding hydrogens is 258 g/mol. The molecule has 0 amide bonds. The highest BCUT2D eigenvalue weighted by atomic mass is 32.1. The van der Waals surface area contributed by atoms with Crippen molar-refractivity contribution in [2.45, 2.75) is 32.4 Å². The molecule has 0 aliphatic carbocycles. The van der Waals surface area contributed by atoms with Crippen molar-refractivity contribution in [2.75, 3.05) is 6.61 Å². The van der Waals surface area contributed by atoms with E-state index in [0.29, 0.717) is 4.64 Å². The fourth-order valence-electron chi connectivity index (χ4n) is 2.02. The van der Waals surface area contributed by atoms with Crippen molar-refractivity contribution in [1.82, 2.24) is 4.98 Å². The van der Waals surface area contributed by atoms with Crippen LogP contribution in [0, 0.1) is 4.64 Å². The topological polar surface area (TPSA) is 63.4 Å². The second kappa shape index (κ2) is 6.63. The Balaban J connectivity index is 2.35. The van der Waals surface area contributed by atoms with Crippen molar-refractivity contribution in [1.29, 1.82) is 0 Å². The van der Waals surface area contributed by atoms with Crippen LogP contribution in [0.15, 0.2) is 35.0 Å². The Kier molecular flexibility index (Phi) is 4.87. The number of nitrogens with one attached hydrogen (secondary N) is 1. The van der Waals surface area contributed by atoms with E-state index in [9.17, 15) is 0 Å². The Morgan fingerprint density at radius 3 is 3.00 bits per heavy atom. The molecule has 1 saturated heterocycles. The predicted molar refractivity (Wildman–Crippen MR) is 79.7 cm³/mol. The molecule has 0 bridgehead atoms. The van der Waals surface area contributed by atoms with Crippen LogP contribution in [0.3, 0.4) is 0 Å². The molecule has 2 rings (SSSR count). The smallest absolute Gasteiger partial charge is 0.149 e. The molecule has 19 heavy (non-hydrogen) atoms. The van der Waals surface area contributed by atoms with Gasteiger partial charge in [0.25, 0.3) is 0 Å². The lowest BCUT2D eigenvalue weighted by Crippen LogP contribution is -2.20. The largest absolute Gasteiger partial charge is 0.404 e. The zero-order valence-corrected chi connectivity index (χ0v) is 11.9. The number of ether oxygens (including phenoxy) is 1. The lowest BCUT2D eigenvalue weighted by atomic mass is 10.1. The van der Waals surface area contributed by atoms with Crippen molar-refractivity contribution in [2.24, 2.45) is 10.7 Å². The Labute approximate surface area is 118 Å². The van der Waals surface area contributed by atoms with Gasteiger partial charge in [-0.25, -0.2) is 0 Å². The third-order valence-corrected chi connectivity index (χ3v) is 3.31. The van der Waals surface area contributed by atoms with Gasteiger partial charge in [-0.15, -0.1) is 0 Å². The van der Waals surface area contributed by atoms with Crippen LogP contribution in [0.25, 0.3) is 0 Å². The number of nitrogens with two attached hydrogens (primary N) is 1. The minimum absolute atomic E-state index is 0.0826. The highest BCUT2D eigenvalue weighted by Crippen LogP contribution is 2.16. The maximum atomic E-state index is 5.66. The molecule has 0 spiro atoms. The van der Waals surface area contributed by atoms with Gasteiger partial charge in [-0.1, -0.05) is 18.3 Å². The standard InChI is InChI=1S/C14H19N3OS/c1-10(9-15)14(11-5-4-7-13(19)16-11)17-12-6-2-3-8-18-12/h4-5,7,9,12H,2-3,6,8,15H2,1H3,(H,16,19)/b10-9-,17-14-. The van der Waals surface area contributed by atoms with Gasteiger partial charge >= 0.3 is 0 Å². The first-order valence-electron chi connectivity index (χ1n) is 6.48. The summed E-state index contributed by atoms with van der Waals surface area (Å²) in [5, 5.41) is 0. The molecule has 1 atom stereocenters. The highest BCUT2D eigenvalue weighted by molar-refractivity contribution is 7.71. The van der Waals surface area contributed by atoms with Gasteiger partial charge in [0, 0.05) is 6.61 Å². The fourth-order valence-corrected chi connectivity index (χ4v) is 2.21. The van der Waals surface area contributed by atoms with Crippen LogP contribution in [0.1, 0.15) is 31.9 Å². The van der Waals surface area contributed by atoms with Crippen LogP contribution in [-0.4, -0.2) is 23.5 Å². The SMILES string of the molecule is CC(=C/N)/C(=N/C1CCCCO1)c1cccc(=S)[nH]1. The van der Waals surface area contributed by atoms with E-state index < -0.39 is 0 Å². The fraction of sp³-hybridized carbons (Fsp3) is 0.429. The van der Waals surface area contributed by atoms with Gasteiger partial charge in [-0.2, -0.15) is 0 Å². The summed E-state index contributed by atoms with van der Waals surface area (Å²) >= 11 is 5.15. The molecule has 1 unspecified atom stereocenters. The van der Waals surface area contributed by atoms with Crippen molar-refractivity contribution < 1.29 is 4.74 Å². The normalized spacial score (nSPS) is 21.4. The molecular formula is C14H19N3OS. The van der Waals surface area contributed by atoms with Gasteiger partial charge in [0.1, 0.15) is 10.9 Å². The first kappa shape index (κ1) is 14.0. The molecule has 1 aromatic rings. The van der Waals surface area contributed by atoms with Gasteiger partial charge in [0.05, 0.1) is 11.4 Å². The number of nitrogens with zero attached hydrogens (tertiary/aromatic N) is 1. The number of pyridine rings is 1. The highest BCUT2D eigenvalue weighted by Gasteiger charge is 2.15. The minimum atomic E-state index is -0.0826. The second-order valence-corrected chi connectivity index (χ2v) is 5.02. The van der Waals surface area contributed by atoms with Gasteiger partial charge in [0.15, 0.2) is 0 Å². The van der Waals surface area contributed by atoms with Gasteiger partial charge < -0.3 is 15.5 Å². The minimum Gasteiger partial charge on any atom is -0.404 e. The molecule has 0 aromatic carbocycles. The number of H-pyrrole nitrogens is 1. The zero-order valence-electron chi connectivity index (χ0n) is 11.1. The summed E-state index contributed by atoms with van der Waals surface area (Å²) in [5.74, 6) is 0. The lowest BCUT2D eigenvalue weighted by Gasteiger charge is -2.20. The third kappa shape index (κ3) is 3.75. The molecule has 1 aliphatic rings. The molecule has 5 heteroatoms. The second-order valence-electron chi connectivity index (χ2n) is 4.58. The summed E-state index contributed by atoms with van der Waals surface area (Å²) in [6.07, 6.45) is 4.69. The van der Waals surface area contributed by atoms with E-state index in [0.717, 1.165) is 42.8 Å². The number of aromatic amines is 1. The van der Waals surface area contributed by atoms with Crippen LogP contribution in [0.2, 0.25) is 0 Å². The number of aromatic nitrogens is 1. The molecule has 4 nitrogen and oxygen atoms in total. The zero-order chi connectivity index (χ0) is 13.7. The molecule has 0 saturated carbocycles. The van der Waals surface area contributed by atoms with Crippen molar-refractivity contribution >= 4 is 17.9 Å². The van der Waals surface area contributed by atoms with Gasteiger partial charge in [0.2, 0.25) is 0 Å². The Hall–Kier alpha value is -1.46. The number of hydrogen-bond acceptors (Lipinski definition) is 4. The van der Waals surface area contributed by atoms with Crippen LogP contribution in [0.5, 0.6) is 0 Å². The van der Waals surface area contributed by atoms with E-state index in [1.165, 1.54) is 0 Å². The molecule has 1 aliphatic heterocycles. The Morgan fingerprint density at radius 1 is 1.53 bits per heavy atom. The van der Waals surface area contributed by atoms with Crippen LogP contribution in [-0.2, 0) is 4.74 Å². The average molecular weight is 277 g/mol. The quantitative estimate of drug-likeness (QED) is 0.659. The molecule has 1 fully saturated rings. The maximum absolute atomic E-state index is 5.66. The predicted octanol–water partition coefficient (Wildman–Crippen LogP) is 2.92. The van der Waals surface area contributed by atoms with Gasteiger partial charge in [-0.3, -0.25) is 4.99 Å². The Bertz CT molecular complexity index is 542. The molecule has 0 radical (unpaired) electrons. The number of allylic oxidation sites excluding steroid dienone is 1. The third-order valence-electron chi connectivity index (χ3n) is 3.08. The summed E-state index contributed by atoms with van der Waals surface area (Å²) in [5.41, 5.74) is 8.23. The maximum Gasteiger partial charge on any atom is 0.149 e. The van der Waals surface area contributed by atoms with E-state index in [4.69, 9.17) is 22.7 Å². The van der Waals surface area contributed by atoms with Crippen molar-refractivity contribution in [3.8, 4) is 0 Å². The summed E-state index contributed by atoms with van der Waals surface area (Å²) in [6.45, 7) is 2.71. The average Bonchev–Trinajstić information content (AvgIpc) is 2.45. The first-order chi connectivity index (χ1) is 9.20. The monoisotopic (exact) mass is 277 g/mol. The van der Waals surface area contributed by atoms with E-state index in [-0.39, 0.29) is 6.23 Å². The van der Waals surface area contributed by atoms with Crippen molar-refractivity contribution in [3.05, 3.63) is 40.3 Å². The molecule has 1 aromatic heterocycles. The molecule has 3 N–H and O–H groups in total. The summed E-state index contributed by atoms with van der Waals surface area (Å²) in [6, 6.07) is 5.70. The van der Waals surface area contributed by atoms with E-state index in [1.807, 2.05) is 25.1 Å². The van der Waals surface area contributed by atoms with E-state index >= 15 is 0 Å². The van der Waals surface area contributed by atoms with Gasteiger partial charge in [-0.05, 0) is 50.1 Å². The number of hydrogen-bond donors (Lipinski definition) is 2. The first-order valence-corrected chi connectivity index (χ1v) is 6.89. The number of rotatable bonds is 3. The molecule has 102 valence electrons. The summed E-state index contributed by atoms with van der Waals surface area (Å²) < 4.78 is 6.34. The van der Waals surface area contributed by atoms with E-state index in [1.54, 1.807) is 6.20 Å². The van der Waals surface area contributed by atoms with E-state index in [2.05, 4.69) is 9.98 Å².